The normalized spacial score (nSPS) is 14.9. The highest BCUT2D eigenvalue weighted by Gasteiger charge is 2.32. The molecule has 0 bridgehead atoms. The van der Waals surface area contributed by atoms with E-state index in [9.17, 15) is 14.4 Å². The van der Waals surface area contributed by atoms with E-state index in [-0.39, 0.29) is 16.8 Å². The molecule has 3 aromatic rings. The van der Waals surface area contributed by atoms with Gasteiger partial charge in [-0.3, -0.25) is 24.0 Å². The minimum atomic E-state index is -0.587. The lowest BCUT2D eigenvalue weighted by Gasteiger charge is -2.29. The van der Waals surface area contributed by atoms with Gasteiger partial charge in [0.05, 0.1) is 0 Å². The highest BCUT2D eigenvalue weighted by atomic mass is 16.2. The van der Waals surface area contributed by atoms with Gasteiger partial charge < -0.3 is 10.3 Å². The largest absolute Gasteiger partial charge is 0.325 e. The number of ketones is 1. The molecular formula is C22H23N5O3. The fourth-order valence-electron chi connectivity index (χ4n) is 3.73. The number of carbonyl (C=O) groups excluding carboxylic acids is 2. The molecule has 1 aliphatic rings. The Bertz CT molecular complexity index is 1160. The minimum Gasteiger partial charge on any atom is -0.325 e. The molecule has 3 heterocycles. The topological polar surface area (TPSA) is 110 Å². The lowest BCUT2D eigenvalue weighted by Crippen LogP contribution is -2.32. The lowest BCUT2D eigenvalue weighted by atomic mass is 9.75. The Hall–Kier alpha value is -3.55. The lowest BCUT2D eigenvalue weighted by molar-refractivity contribution is 0.0910. The summed E-state index contributed by atoms with van der Waals surface area (Å²) in [4.78, 5) is 44.3. The molecule has 154 valence electrons. The molecule has 0 saturated heterocycles. The summed E-state index contributed by atoms with van der Waals surface area (Å²) in [5, 5.41) is 6.98. The highest BCUT2D eigenvalue weighted by Crippen LogP contribution is 2.33. The standard InChI is InChI=1S/C22H23N5O3/c1-22(2)12-17-15(18(28)13-22)11-16(20(29)24-17)21(30)25-19-6-10-27(26-19)9-5-14-3-7-23-8-4-14/h3-4,6-8,10-11H,5,9,12-13H2,1-2H3,(H,24,29)(H,25,26,30). The summed E-state index contributed by atoms with van der Waals surface area (Å²) in [6.45, 7) is 4.61. The number of Topliss-reactive ketones (excluding diaryl/α,β-unsaturated/α-hetero) is 1. The number of hydrogen-bond acceptors (Lipinski definition) is 5. The van der Waals surface area contributed by atoms with Gasteiger partial charge in [-0.25, -0.2) is 0 Å². The van der Waals surface area contributed by atoms with Gasteiger partial charge in [0.2, 0.25) is 0 Å². The number of aromatic amines is 1. The summed E-state index contributed by atoms with van der Waals surface area (Å²) in [6.07, 6.45) is 7.00. The fraction of sp³-hybridized carbons (Fsp3) is 0.318. The third-order valence-corrected chi connectivity index (χ3v) is 5.22. The minimum absolute atomic E-state index is 0.0630. The van der Waals surface area contributed by atoms with Crippen molar-refractivity contribution in [3.8, 4) is 0 Å². The number of amides is 1. The average molecular weight is 405 g/mol. The van der Waals surface area contributed by atoms with Crippen LogP contribution in [0.4, 0.5) is 5.82 Å². The van der Waals surface area contributed by atoms with Crippen LogP contribution < -0.4 is 10.9 Å². The van der Waals surface area contributed by atoms with Crippen LogP contribution in [0.25, 0.3) is 0 Å². The van der Waals surface area contributed by atoms with Gasteiger partial charge in [-0.1, -0.05) is 13.8 Å². The average Bonchev–Trinajstić information content (AvgIpc) is 3.13. The van der Waals surface area contributed by atoms with Crippen molar-refractivity contribution in [2.45, 2.75) is 39.7 Å². The van der Waals surface area contributed by atoms with E-state index in [4.69, 9.17) is 0 Å². The summed E-state index contributed by atoms with van der Waals surface area (Å²) in [7, 11) is 0. The molecule has 0 fully saturated rings. The third-order valence-electron chi connectivity index (χ3n) is 5.22. The Kier molecular flexibility index (Phi) is 5.07. The molecule has 30 heavy (non-hydrogen) atoms. The zero-order valence-corrected chi connectivity index (χ0v) is 16.9. The molecule has 0 unspecified atom stereocenters. The van der Waals surface area contributed by atoms with Crippen LogP contribution in [0.15, 0.2) is 47.7 Å². The maximum Gasteiger partial charge on any atom is 0.262 e. The van der Waals surface area contributed by atoms with Gasteiger partial charge in [0.25, 0.3) is 11.5 Å². The fourth-order valence-corrected chi connectivity index (χ4v) is 3.73. The van der Waals surface area contributed by atoms with Gasteiger partial charge in [0.15, 0.2) is 11.6 Å². The van der Waals surface area contributed by atoms with Crippen LogP contribution in [0.1, 0.15) is 52.2 Å². The van der Waals surface area contributed by atoms with Gasteiger partial charge in [-0.2, -0.15) is 5.10 Å². The van der Waals surface area contributed by atoms with Gasteiger partial charge in [-0.05, 0) is 42.0 Å². The number of aryl methyl sites for hydroxylation is 2. The molecule has 0 aromatic carbocycles. The molecule has 1 amide bonds. The predicted octanol–water partition coefficient (Wildman–Crippen LogP) is 2.62. The third kappa shape index (κ3) is 4.22. The first kappa shape index (κ1) is 19.8. The molecular weight excluding hydrogens is 382 g/mol. The number of fused-ring (bicyclic) bond motifs is 1. The Balaban J connectivity index is 1.47. The van der Waals surface area contributed by atoms with Gasteiger partial charge in [0, 0.05) is 48.9 Å². The van der Waals surface area contributed by atoms with Gasteiger partial charge in [0.1, 0.15) is 5.56 Å². The smallest absolute Gasteiger partial charge is 0.262 e. The second-order valence-electron chi connectivity index (χ2n) is 8.37. The van der Waals surface area contributed by atoms with Crippen molar-refractivity contribution in [3.63, 3.8) is 0 Å². The van der Waals surface area contributed by atoms with Crippen LogP contribution in [0, 0.1) is 5.41 Å². The van der Waals surface area contributed by atoms with E-state index >= 15 is 0 Å². The first-order valence-corrected chi connectivity index (χ1v) is 9.84. The molecule has 0 radical (unpaired) electrons. The Morgan fingerprint density at radius 1 is 1.20 bits per heavy atom. The Morgan fingerprint density at radius 3 is 2.73 bits per heavy atom. The first-order valence-electron chi connectivity index (χ1n) is 9.84. The van der Waals surface area contributed by atoms with Crippen LogP contribution in [-0.2, 0) is 19.4 Å². The number of nitrogens with one attached hydrogen (secondary N) is 2. The van der Waals surface area contributed by atoms with E-state index in [2.05, 4.69) is 20.4 Å². The van der Waals surface area contributed by atoms with Crippen LogP contribution in [0.2, 0.25) is 0 Å². The van der Waals surface area contributed by atoms with Crippen LogP contribution in [0.5, 0.6) is 0 Å². The number of hydrogen-bond donors (Lipinski definition) is 2. The molecule has 0 atom stereocenters. The molecule has 0 spiro atoms. The van der Waals surface area contributed by atoms with Crippen LogP contribution in [-0.4, -0.2) is 31.4 Å². The number of aromatic nitrogens is 4. The number of pyridine rings is 2. The summed E-state index contributed by atoms with van der Waals surface area (Å²) in [6, 6.07) is 6.96. The molecule has 4 rings (SSSR count). The van der Waals surface area contributed by atoms with E-state index in [0.717, 1.165) is 12.0 Å². The van der Waals surface area contributed by atoms with E-state index in [1.54, 1.807) is 29.3 Å². The quantitative estimate of drug-likeness (QED) is 0.678. The van der Waals surface area contributed by atoms with Crippen molar-refractivity contribution in [3.05, 3.63) is 75.6 Å². The maximum absolute atomic E-state index is 12.6. The zero-order valence-electron chi connectivity index (χ0n) is 16.9. The number of carbonyl (C=O) groups is 2. The summed E-state index contributed by atoms with van der Waals surface area (Å²) in [5.41, 5.74) is 1.35. The molecule has 1 aliphatic carbocycles. The van der Waals surface area contributed by atoms with E-state index in [1.807, 2.05) is 26.0 Å². The van der Waals surface area contributed by atoms with Crippen molar-refractivity contribution in [2.75, 3.05) is 5.32 Å². The van der Waals surface area contributed by atoms with Crippen molar-refractivity contribution < 1.29 is 9.59 Å². The Morgan fingerprint density at radius 2 is 1.97 bits per heavy atom. The number of anilines is 1. The van der Waals surface area contributed by atoms with Crippen LogP contribution >= 0.6 is 0 Å². The Labute approximate surface area is 173 Å². The monoisotopic (exact) mass is 405 g/mol. The van der Waals surface area contributed by atoms with Crippen molar-refractivity contribution in [2.24, 2.45) is 5.41 Å². The molecule has 0 saturated carbocycles. The van der Waals surface area contributed by atoms with Crippen molar-refractivity contribution in [1.82, 2.24) is 19.7 Å². The highest BCUT2D eigenvalue weighted by molar-refractivity contribution is 6.06. The molecule has 0 aliphatic heterocycles. The van der Waals surface area contributed by atoms with Gasteiger partial charge >= 0.3 is 0 Å². The number of nitrogens with zero attached hydrogens (tertiary/aromatic N) is 3. The first-order chi connectivity index (χ1) is 14.3. The second kappa shape index (κ2) is 7.70. The van der Waals surface area contributed by atoms with Crippen molar-refractivity contribution >= 4 is 17.5 Å². The molecule has 8 nitrogen and oxygen atoms in total. The number of H-pyrrole nitrogens is 1. The van der Waals surface area contributed by atoms with Crippen LogP contribution in [0.3, 0.4) is 0 Å². The van der Waals surface area contributed by atoms with E-state index < -0.39 is 11.5 Å². The van der Waals surface area contributed by atoms with E-state index in [1.165, 1.54) is 6.07 Å². The molecule has 3 aromatic heterocycles. The van der Waals surface area contributed by atoms with Crippen molar-refractivity contribution in [1.29, 1.82) is 0 Å². The maximum atomic E-state index is 12.6. The zero-order chi connectivity index (χ0) is 21.3. The molecule has 8 heteroatoms. The number of rotatable bonds is 5. The SMILES string of the molecule is CC1(C)CC(=O)c2cc(C(=O)Nc3ccn(CCc4ccncc4)n3)c(=O)[nH]c2C1. The molecule has 2 N–H and O–H groups in total. The summed E-state index contributed by atoms with van der Waals surface area (Å²) in [5.74, 6) is -0.303. The van der Waals surface area contributed by atoms with Gasteiger partial charge in [-0.15, -0.1) is 0 Å². The summed E-state index contributed by atoms with van der Waals surface area (Å²) >= 11 is 0. The summed E-state index contributed by atoms with van der Waals surface area (Å²) < 4.78 is 1.72. The predicted molar refractivity (Wildman–Crippen MR) is 112 cm³/mol. The van der Waals surface area contributed by atoms with E-state index in [0.29, 0.717) is 36.5 Å². The second-order valence-corrected chi connectivity index (χ2v) is 8.37.